The summed E-state index contributed by atoms with van der Waals surface area (Å²) in [5.74, 6) is -2.46. The van der Waals surface area contributed by atoms with Crippen molar-refractivity contribution in [1.29, 1.82) is 0 Å². The molecule has 10 heteroatoms. The molecule has 2 aromatic carbocycles. The van der Waals surface area contributed by atoms with Crippen molar-refractivity contribution in [3.63, 3.8) is 0 Å². The summed E-state index contributed by atoms with van der Waals surface area (Å²) in [6, 6.07) is 10.4. The molecule has 4 rings (SSSR count). The monoisotopic (exact) mass is 462 g/mol. The van der Waals surface area contributed by atoms with Gasteiger partial charge >= 0.3 is 5.97 Å². The Hall–Kier alpha value is -2.82. The first-order valence-corrected chi connectivity index (χ1v) is 11.7. The molecule has 0 radical (unpaired) electrons. The van der Waals surface area contributed by atoms with Crippen molar-refractivity contribution in [3.05, 3.63) is 59.4 Å². The largest absolute Gasteiger partial charge is 0.449 e. The summed E-state index contributed by atoms with van der Waals surface area (Å²) >= 11 is 0. The summed E-state index contributed by atoms with van der Waals surface area (Å²) in [6.45, 7) is 2.73. The molecular formula is C22H23FN2O6S. The fourth-order valence-electron chi connectivity index (χ4n) is 3.82. The van der Waals surface area contributed by atoms with Crippen LogP contribution in [0.1, 0.15) is 22.8 Å². The number of sulfonamides is 1. The Morgan fingerprint density at radius 2 is 1.81 bits per heavy atom. The molecule has 2 aromatic rings. The fourth-order valence-corrected chi connectivity index (χ4v) is 5.25. The smallest absolute Gasteiger partial charge is 0.341 e. The molecule has 0 N–H and O–H groups in total. The minimum atomic E-state index is -3.92. The van der Waals surface area contributed by atoms with Gasteiger partial charge in [0.2, 0.25) is 10.0 Å². The summed E-state index contributed by atoms with van der Waals surface area (Å²) in [5, 5.41) is 0. The van der Waals surface area contributed by atoms with Crippen LogP contribution in [0.3, 0.4) is 0 Å². The quantitative estimate of drug-likeness (QED) is 0.631. The van der Waals surface area contributed by atoms with Crippen molar-refractivity contribution in [2.45, 2.75) is 24.3 Å². The second-order valence-electron chi connectivity index (χ2n) is 7.57. The Morgan fingerprint density at radius 1 is 1.09 bits per heavy atom. The van der Waals surface area contributed by atoms with E-state index < -0.39 is 39.4 Å². The fraction of sp³-hybridized carbons (Fsp3) is 0.364. The lowest BCUT2D eigenvalue weighted by Crippen LogP contribution is -2.40. The number of nitrogens with zero attached hydrogens (tertiary/aromatic N) is 2. The molecule has 2 aliphatic rings. The Kier molecular flexibility index (Phi) is 6.27. The van der Waals surface area contributed by atoms with Gasteiger partial charge in [-0.1, -0.05) is 18.2 Å². The Balaban J connectivity index is 1.51. The molecule has 1 atom stereocenters. The highest BCUT2D eigenvalue weighted by molar-refractivity contribution is 7.89. The molecule has 1 unspecified atom stereocenters. The van der Waals surface area contributed by atoms with Crippen molar-refractivity contribution in [1.82, 2.24) is 4.31 Å². The van der Waals surface area contributed by atoms with Gasteiger partial charge in [0.25, 0.3) is 5.91 Å². The molecule has 2 heterocycles. The number of esters is 1. The molecule has 0 spiro atoms. The molecule has 8 nitrogen and oxygen atoms in total. The number of halogens is 1. The number of amides is 1. The molecule has 0 aliphatic carbocycles. The van der Waals surface area contributed by atoms with Crippen molar-refractivity contribution in [2.24, 2.45) is 0 Å². The average Bonchev–Trinajstić information content (AvgIpc) is 3.23. The Morgan fingerprint density at radius 3 is 2.56 bits per heavy atom. The van der Waals surface area contributed by atoms with Crippen LogP contribution >= 0.6 is 0 Å². The number of carbonyl (C=O) groups is 2. The van der Waals surface area contributed by atoms with E-state index in [2.05, 4.69) is 0 Å². The third-order valence-corrected chi connectivity index (χ3v) is 7.44. The predicted molar refractivity (Wildman–Crippen MR) is 113 cm³/mol. The van der Waals surface area contributed by atoms with Crippen LogP contribution in [-0.4, -0.2) is 63.6 Å². The van der Waals surface area contributed by atoms with Gasteiger partial charge in [-0.2, -0.15) is 4.31 Å². The highest BCUT2D eigenvalue weighted by Gasteiger charge is 2.32. The Bertz CT molecular complexity index is 1150. The van der Waals surface area contributed by atoms with Crippen molar-refractivity contribution < 1.29 is 31.9 Å². The molecule has 2 aliphatic heterocycles. The SMILES string of the molecule is CC(OC(=O)c1cc(S(=O)(=O)N2CCOCC2)ccc1F)C(=O)N1CCc2ccccc21. The minimum Gasteiger partial charge on any atom is -0.449 e. The topological polar surface area (TPSA) is 93.2 Å². The molecular weight excluding hydrogens is 439 g/mol. The number of ether oxygens (including phenoxy) is 2. The van der Waals surface area contributed by atoms with Crippen molar-refractivity contribution in [3.8, 4) is 0 Å². The van der Waals surface area contributed by atoms with Crippen LogP contribution in [-0.2, 0) is 30.7 Å². The first-order valence-electron chi connectivity index (χ1n) is 10.3. The predicted octanol–water partition coefficient (Wildman–Crippen LogP) is 1.98. The molecule has 170 valence electrons. The van der Waals surface area contributed by atoms with E-state index in [1.807, 2.05) is 24.3 Å². The third kappa shape index (κ3) is 4.25. The number of hydrogen-bond acceptors (Lipinski definition) is 6. The van der Waals surface area contributed by atoms with Crippen LogP contribution in [0.2, 0.25) is 0 Å². The summed E-state index contributed by atoms with van der Waals surface area (Å²) in [4.78, 5) is 26.8. The van der Waals surface area contributed by atoms with E-state index in [0.29, 0.717) is 13.0 Å². The van der Waals surface area contributed by atoms with Crippen LogP contribution in [0.15, 0.2) is 47.4 Å². The van der Waals surface area contributed by atoms with Crippen LogP contribution in [0, 0.1) is 5.82 Å². The number of morpholine rings is 1. The molecule has 0 saturated carbocycles. The van der Waals surface area contributed by atoms with E-state index in [9.17, 15) is 22.4 Å². The highest BCUT2D eigenvalue weighted by Crippen LogP contribution is 2.28. The second kappa shape index (κ2) is 8.97. The van der Waals surface area contributed by atoms with Gasteiger partial charge in [-0.05, 0) is 43.2 Å². The first kappa shape index (κ1) is 22.4. The summed E-state index contributed by atoms with van der Waals surface area (Å²) in [5.41, 5.74) is 1.23. The van der Waals surface area contributed by atoms with Crippen LogP contribution < -0.4 is 4.90 Å². The molecule has 0 aromatic heterocycles. The van der Waals surface area contributed by atoms with Crippen LogP contribution in [0.25, 0.3) is 0 Å². The number of para-hydroxylation sites is 1. The third-order valence-electron chi connectivity index (χ3n) is 5.55. The lowest BCUT2D eigenvalue weighted by atomic mass is 10.2. The second-order valence-corrected chi connectivity index (χ2v) is 9.51. The standard InChI is InChI=1S/C22H23FN2O6S/c1-15(21(26)25-9-8-16-4-2-3-5-20(16)25)31-22(27)18-14-17(6-7-19(18)23)32(28,29)24-10-12-30-13-11-24/h2-7,14-15H,8-13H2,1H3. The lowest BCUT2D eigenvalue weighted by molar-refractivity contribution is -0.126. The van der Waals surface area contributed by atoms with E-state index in [4.69, 9.17) is 9.47 Å². The van der Waals surface area contributed by atoms with Gasteiger partial charge in [0.15, 0.2) is 6.10 Å². The zero-order chi connectivity index (χ0) is 22.9. The zero-order valence-electron chi connectivity index (χ0n) is 17.5. The zero-order valence-corrected chi connectivity index (χ0v) is 18.3. The van der Waals surface area contributed by atoms with Gasteiger partial charge in [0.05, 0.1) is 23.7 Å². The van der Waals surface area contributed by atoms with Gasteiger partial charge in [-0.3, -0.25) is 4.79 Å². The van der Waals surface area contributed by atoms with Gasteiger partial charge in [0.1, 0.15) is 5.82 Å². The maximum Gasteiger partial charge on any atom is 0.341 e. The number of fused-ring (bicyclic) bond motifs is 1. The van der Waals surface area contributed by atoms with Gasteiger partial charge in [-0.15, -0.1) is 0 Å². The number of hydrogen-bond donors (Lipinski definition) is 0. The van der Waals surface area contributed by atoms with Crippen molar-refractivity contribution in [2.75, 3.05) is 37.7 Å². The molecule has 32 heavy (non-hydrogen) atoms. The van der Waals surface area contributed by atoms with E-state index in [1.54, 1.807) is 0 Å². The maximum absolute atomic E-state index is 14.4. The first-order chi connectivity index (χ1) is 15.3. The van der Waals surface area contributed by atoms with Crippen LogP contribution in [0.4, 0.5) is 10.1 Å². The van der Waals surface area contributed by atoms with Crippen LogP contribution in [0.5, 0.6) is 0 Å². The van der Waals surface area contributed by atoms with E-state index in [1.165, 1.54) is 16.1 Å². The number of anilines is 1. The van der Waals surface area contributed by atoms with E-state index in [0.717, 1.165) is 29.4 Å². The normalized spacial score (nSPS) is 17.6. The number of benzene rings is 2. The van der Waals surface area contributed by atoms with Gasteiger partial charge in [-0.25, -0.2) is 17.6 Å². The summed E-state index contributed by atoms with van der Waals surface area (Å²) in [7, 11) is -3.92. The number of carbonyl (C=O) groups excluding carboxylic acids is 2. The van der Waals surface area contributed by atoms with Crippen molar-refractivity contribution >= 4 is 27.6 Å². The molecule has 1 fully saturated rings. The molecule has 1 amide bonds. The minimum absolute atomic E-state index is 0.169. The summed E-state index contributed by atoms with van der Waals surface area (Å²) < 4.78 is 51.6. The number of rotatable bonds is 5. The molecule has 1 saturated heterocycles. The lowest BCUT2D eigenvalue weighted by Gasteiger charge is -2.26. The van der Waals surface area contributed by atoms with E-state index in [-0.39, 0.29) is 31.2 Å². The van der Waals surface area contributed by atoms with Gasteiger partial charge in [0, 0.05) is 25.3 Å². The summed E-state index contributed by atoms with van der Waals surface area (Å²) in [6.07, 6.45) is -0.480. The van der Waals surface area contributed by atoms with E-state index >= 15 is 0 Å². The highest BCUT2D eigenvalue weighted by atomic mass is 32.2. The van der Waals surface area contributed by atoms with Gasteiger partial charge < -0.3 is 14.4 Å². The Labute approximate surface area is 185 Å². The molecule has 0 bridgehead atoms. The average molecular weight is 462 g/mol. The maximum atomic E-state index is 14.4.